The summed E-state index contributed by atoms with van der Waals surface area (Å²) in [6.07, 6.45) is 2.67. The first-order valence-electron chi connectivity index (χ1n) is 6.74. The zero-order chi connectivity index (χ0) is 13.8. The van der Waals surface area contributed by atoms with Gasteiger partial charge in [-0.15, -0.1) is 0 Å². The summed E-state index contributed by atoms with van der Waals surface area (Å²) >= 11 is 5.06. The molecule has 0 aromatic carbocycles. The van der Waals surface area contributed by atoms with Crippen LogP contribution in [0.15, 0.2) is 0 Å². The molecular formula is C14H24N2OS. The van der Waals surface area contributed by atoms with Gasteiger partial charge in [-0.05, 0) is 29.6 Å². The molecule has 1 amide bonds. The maximum atomic E-state index is 12.3. The molecule has 0 heterocycles. The molecule has 2 aliphatic rings. The van der Waals surface area contributed by atoms with E-state index in [2.05, 4.69) is 33.0 Å². The van der Waals surface area contributed by atoms with Gasteiger partial charge >= 0.3 is 0 Å². The highest BCUT2D eigenvalue weighted by Crippen LogP contribution is 2.68. The predicted octanol–water partition coefficient (Wildman–Crippen LogP) is 2.24. The highest BCUT2D eigenvalue weighted by molar-refractivity contribution is 7.80. The third-order valence-corrected chi connectivity index (χ3v) is 6.29. The Morgan fingerprint density at radius 1 is 1.28 bits per heavy atom. The van der Waals surface area contributed by atoms with Crippen LogP contribution in [0.3, 0.4) is 0 Å². The van der Waals surface area contributed by atoms with Crippen LogP contribution in [0.25, 0.3) is 0 Å². The topological polar surface area (TPSA) is 55.1 Å². The number of amides is 1. The Bertz CT molecular complexity index is 383. The fourth-order valence-corrected chi connectivity index (χ4v) is 3.62. The molecule has 0 aromatic heterocycles. The minimum Gasteiger partial charge on any atom is -0.392 e. The fraction of sp³-hybridized carbons (Fsp3) is 0.857. The normalized spacial score (nSPS) is 27.1. The van der Waals surface area contributed by atoms with Crippen LogP contribution in [-0.2, 0) is 4.79 Å². The molecule has 0 unspecified atom stereocenters. The van der Waals surface area contributed by atoms with E-state index in [4.69, 9.17) is 18.0 Å². The van der Waals surface area contributed by atoms with Crippen LogP contribution < -0.4 is 11.1 Å². The number of nitrogens with two attached hydrogens (primary N) is 1. The molecule has 3 N–H and O–H groups in total. The largest absolute Gasteiger partial charge is 0.392 e. The fourth-order valence-electron chi connectivity index (χ4n) is 3.32. The van der Waals surface area contributed by atoms with Gasteiger partial charge in [0.05, 0.1) is 10.4 Å². The lowest BCUT2D eigenvalue weighted by molar-refractivity contribution is -0.130. The number of hydrogen-bond donors (Lipinski definition) is 2. The van der Waals surface area contributed by atoms with Gasteiger partial charge in [0, 0.05) is 6.54 Å². The first kappa shape index (κ1) is 13.8. The summed E-state index contributed by atoms with van der Waals surface area (Å²) in [6, 6.07) is 0. The summed E-state index contributed by atoms with van der Waals surface area (Å²) in [5.74, 6) is 0.581. The highest BCUT2D eigenvalue weighted by atomic mass is 32.1. The Hall–Kier alpha value is -0.640. The van der Waals surface area contributed by atoms with Crippen molar-refractivity contribution in [3.05, 3.63) is 0 Å². The van der Waals surface area contributed by atoms with Crippen LogP contribution in [0.2, 0.25) is 0 Å². The van der Waals surface area contributed by atoms with Crippen molar-refractivity contribution in [2.24, 2.45) is 27.9 Å². The van der Waals surface area contributed by atoms with E-state index < -0.39 is 5.41 Å². The maximum Gasteiger partial charge on any atom is 0.233 e. The van der Waals surface area contributed by atoms with E-state index in [-0.39, 0.29) is 5.91 Å². The summed E-state index contributed by atoms with van der Waals surface area (Å²) in [5, 5.41) is 3.07. The Morgan fingerprint density at radius 2 is 1.78 bits per heavy atom. The summed E-state index contributed by atoms with van der Waals surface area (Å²) in [7, 11) is 0. The van der Waals surface area contributed by atoms with Crippen LogP contribution in [0, 0.1) is 22.2 Å². The second kappa shape index (κ2) is 3.92. The van der Waals surface area contributed by atoms with Crippen molar-refractivity contribution >= 4 is 23.1 Å². The Morgan fingerprint density at radius 3 is 2.06 bits per heavy atom. The van der Waals surface area contributed by atoms with E-state index in [1.807, 2.05) is 0 Å². The lowest BCUT2D eigenvalue weighted by Crippen LogP contribution is -2.53. The van der Waals surface area contributed by atoms with Crippen molar-refractivity contribution in [3.63, 3.8) is 0 Å². The van der Waals surface area contributed by atoms with E-state index >= 15 is 0 Å². The molecule has 0 aliphatic heterocycles. The molecule has 3 nitrogen and oxygen atoms in total. The van der Waals surface area contributed by atoms with Gasteiger partial charge < -0.3 is 11.1 Å². The molecule has 0 spiro atoms. The van der Waals surface area contributed by atoms with Gasteiger partial charge in [0.1, 0.15) is 0 Å². The molecule has 0 aromatic rings. The molecule has 102 valence electrons. The number of thiocarbonyl (C=S) groups is 1. The van der Waals surface area contributed by atoms with Gasteiger partial charge in [-0.1, -0.05) is 46.3 Å². The van der Waals surface area contributed by atoms with Crippen LogP contribution in [0.1, 0.15) is 47.0 Å². The molecule has 4 heteroatoms. The Balaban J connectivity index is 1.93. The third-order valence-electron chi connectivity index (χ3n) is 5.90. The molecule has 2 fully saturated rings. The van der Waals surface area contributed by atoms with E-state index in [0.29, 0.717) is 21.7 Å². The zero-order valence-electron chi connectivity index (χ0n) is 11.8. The van der Waals surface area contributed by atoms with E-state index in [1.54, 1.807) is 0 Å². The zero-order valence-corrected chi connectivity index (χ0v) is 12.6. The van der Waals surface area contributed by atoms with Gasteiger partial charge in [0.15, 0.2) is 0 Å². The van der Waals surface area contributed by atoms with Crippen molar-refractivity contribution in [1.29, 1.82) is 0 Å². The standard InChI is InChI=1S/C14H24N2OS/c1-12(2)9(13(12,3)4)8-16-11(17)14(10(15)18)6-5-7-14/h9H,5-8H2,1-4H3,(H2,15,18)(H,16,17). The van der Waals surface area contributed by atoms with Crippen LogP contribution >= 0.6 is 12.2 Å². The smallest absolute Gasteiger partial charge is 0.233 e. The quantitative estimate of drug-likeness (QED) is 0.769. The molecule has 18 heavy (non-hydrogen) atoms. The molecule has 2 aliphatic carbocycles. The van der Waals surface area contributed by atoms with Crippen molar-refractivity contribution in [2.45, 2.75) is 47.0 Å². The molecule has 2 saturated carbocycles. The van der Waals surface area contributed by atoms with Crippen LogP contribution in [0.5, 0.6) is 0 Å². The second-order valence-corrected chi connectivity index (χ2v) is 7.45. The summed E-state index contributed by atoms with van der Waals surface area (Å²) in [5.41, 5.74) is 5.79. The van der Waals surface area contributed by atoms with E-state index in [0.717, 1.165) is 25.8 Å². The van der Waals surface area contributed by atoms with Crippen molar-refractivity contribution < 1.29 is 4.79 Å². The first-order valence-corrected chi connectivity index (χ1v) is 7.15. The van der Waals surface area contributed by atoms with Gasteiger partial charge in [-0.3, -0.25) is 4.79 Å². The average Bonchev–Trinajstić information content (AvgIpc) is 2.51. The average molecular weight is 268 g/mol. The lowest BCUT2D eigenvalue weighted by atomic mass is 9.68. The molecule has 0 saturated heterocycles. The maximum absolute atomic E-state index is 12.3. The minimum absolute atomic E-state index is 0.0414. The first-order chi connectivity index (χ1) is 8.16. The summed E-state index contributed by atoms with van der Waals surface area (Å²) in [4.78, 5) is 12.6. The number of nitrogens with one attached hydrogen (secondary N) is 1. The monoisotopic (exact) mass is 268 g/mol. The van der Waals surface area contributed by atoms with Crippen LogP contribution in [0.4, 0.5) is 0 Å². The van der Waals surface area contributed by atoms with Crippen molar-refractivity contribution in [2.75, 3.05) is 6.54 Å². The van der Waals surface area contributed by atoms with Gasteiger partial charge in [-0.2, -0.15) is 0 Å². The van der Waals surface area contributed by atoms with Gasteiger partial charge in [0.2, 0.25) is 5.91 Å². The van der Waals surface area contributed by atoms with Crippen molar-refractivity contribution in [1.82, 2.24) is 5.32 Å². The SMILES string of the molecule is CC1(C)C(CNC(=O)C2(C(N)=S)CCC2)C1(C)C. The minimum atomic E-state index is -0.543. The summed E-state index contributed by atoms with van der Waals surface area (Å²) < 4.78 is 0. The molecule has 2 rings (SSSR count). The molecule has 0 bridgehead atoms. The van der Waals surface area contributed by atoms with E-state index in [9.17, 15) is 4.79 Å². The third kappa shape index (κ3) is 1.68. The number of carbonyl (C=O) groups excluding carboxylic acids is 1. The Kier molecular flexibility index (Phi) is 3.01. The number of hydrogen-bond acceptors (Lipinski definition) is 2. The summed E-state index contributed by atoms with van der Waals surface area (Å²) in [6.45, 7) is 9.78. The number of carbonyl (C=O) groups is 1. The molecular weight excluding hydrogens is 244 g/mol. The van der Waals surface area contributed by atoms with Gasteiger partial charge in [0.25, 0.3) is 0 Å². The highest BCUT2D eigenvalue weighted by Gasteiger charge is 2.64. The van der Waals surface area contributed by atoms with Crippen LogP contribution in [-0.4, -0.2) is 17.4 Å². The Labute approximate surface area is 115 Å². The lowest BCUT2D eigenvalue weighted by Gasteiger charge is -2.39. The molecule has 0 atom stereocenters. The second-order valence-electron chi connectivity index (χ2n) is 7.01. The van der Waals surface area contributed by atoms with Crippen molar-refractivity contribution in [3.8, 4) is 0 Å². The molecule has 0 radical (unpaired) electrons. The van der Waals surface area contributed by atoms with Gasteiger partial charge in [-0.25, -0.2) is 0 Å². The van der Waals surface area contributed by atoms with E-state index in [1.165, 1.54) is 0 Å². The number of rotatable bonds is 4. The predicted molar refractivity (Wildman–Crippen MR) is 77.1 cm³/mol.